The Hall–Kier alpha value is -5.16. The lowest BCUT2D eigenvalue weighted by molar-refractivity contribution is -0.160. The SMILES string of the molecule is CCNc1c(C)c2c3c4c(O)c(/C=N/N5CCN(C)CC5)c(c(O)c14)NC(=O)/C(C)=C\C=C\[C@H](C)[C@H](O)[C@@H](C)[C@@H](O)[C@@H](C)[C@H](OC(C)=O)[C@H](C)[C@@H](OC)/C=C/O[C@@](C)(O2)C3=O. The summed E-state index contributed by atoms with van der Waals surface area (Å²) in [6.45, 7) is 17.9. The quantitative estimate of drug-likeness (QED) is 0.0972. The molecule has 334 valence electrons. The molecule has 61 heavy (non-hydrogen) atoms. The van der Waals surface area contributed by atoms with Crippen molar-refractivity contribution in [2.45, 2.75) is 92.5 Å². The van der Waals surface area contributed by atoms with Crippen molar-refractivity contribution < 1.29 is 53.8 Å². The van der Waals surface area contributed by atoms with E-state index < -0.39 is 83.0 Å². The number of benzene rings is 2. The lowest BCUT2D eigenvalue weighted by Gasteiger charge is -2.38. The summed E-state index contributed by atoms with van der Waals surface area (Å²) in [6, 6.07) is 0. The number of ether oxygens (including phenoxy) is 4. The van der Waals surface area contributed by atoms with Crippen molar-refractivity contribution in [3.63, 3.8) is 0 Å². The summed E-state index contributed by atoms with van der Waals surface area (Å²) in [4.78, 5) is 43.1. The van der Waals surface area contributed by atoms with Gasteiger partial charge < -0.3 is 54.9 Å². The fraction of sp³-hybridized carbons (Fsp3) is 0.556. The fourth-order valence-electron chi connectivity index (χ4n) is 8.34. The molecule has 0 aromatic heterocycles. The lowest BCUT2D eigenvalue weighted by Crippen LogP contribution is -2.46. The lowest BCUT2D eigenvalue weighted by atomic mass is 9.78. The maximum atomic E-state index is 14.6. The van der Waals surface area contributed by atoms with Gasteiger partial charge in [-0.05, 0) is 33.9 Å². The van der Waals surface area contributed by atoms with E-state index in [1.807, 2.05) is 19.0 Å². The summed E-state index contributed by atoms with van der Waals surface area (Å²) in [5, 5.41) is 60.1. The highest BCUT2D eigenvalue weighted by Gasteiger charge is 2.50. The number of aliphatic hydroxyl groups is 2. The van der Waals surface area contributed by atoms with Gasteiger partial charge in [0.15, 0.2) is 0 Å². The molecule has 5 bridgehead atoms. The third-order valence-corrected chi connectivity index (χ3v) is 12.2. The predicted molar refractivity (Wildman–Crippen MR) is 233 cm³/mol. The topological polar surface area (TPSA) is 212 Å². The second-order valence-corrected chi connectivity index (χ2v) is 16.7. The van der Waals surface area contributed by atoms with E-state index in [2.05, 4.69) is 20.6 Å². The second kappa shape index (κ2) is 19.3. The molecule has 4 heterocycles. The van der Waals surface area contributed by atoms with Gasteiger partial charge in [0, 0.05) is 93.9 Å². The standard InChI is InChI=1S/C45H63N5O11/c1-12-46-35-26(5)42-34-32-33(35)40(55)36(30(39(32)54)22-47-50-19-17-49(10)18-20-50)48-44(57)24(3)15-13-14-23(2)37(52)27(6)38(53)28(7)41(60-29(8)51)25(4)31(58-11)16-21-59-45(9,61-42)43(34)56/h13-16,21-23,25,27-28,31,37-38,41,46,52-55H,12,17-20H2,1-11H3,(H,48,57)/b14-13+,21-16+,24-15-,47-22+/t23-,25+,27+,28+,31-,37-,38+,41+,45-/m0/s1. The smallest absolute Gasteiger partial charge is 0.312 e. The van der Waals surface area contributed by atoms with E-state index in [9.17, 15) is 34.8 Å². The number of likely N-dealkylation sites (N-methyl/N-ethyl adjacent to an activating group) is 1. The summed E-state index contributed by atoms with van der Waals surface area (Å²) in [6.07, 6.45) is 5.25. The van der Waals surface area contributed by atoms with Crippen LogP contribution in [0.15, 0.2) is 41.2 Å². The van der Waals surface area contributed by atoms with Crippen LogP contribution in [0.3, 0.4) is 0 Å². The molecule has 0 unspecified atom stereocenters. The minimum absolute atomic E-state index is 0.0280. The summed E-state index contributed by atoms with van der Waals surface area (Å²) in [7, 11) is 3.47. The number of ketones is 1. The number of Topliss-reactive ketones (excluding diaryl/α,β-unsaturated/α-hetero) is 1. The molecule has 0 saturated carbocycles. The number of amides is 1. The molecule has 6 rings (SSSR count). The zero-order valence-electron chi connectivity index (χ0n) is 37.1. The molecular formula is C45H63N5O11. The molecule has 0 aliphatic carbocycles. The molecule has 0 radical (unpaired) electrons. The summed E-state index contributed by atoms with van der Waals surface area (Å²) < 4.78 is 24.0. The van der Waals surface area contributed by atoms with Crippen molar-refractivity contribution in [2.75, 3.05) is 57.5 Å². The van der Waals surface area contributed by atoms with E-state index in [-0.39, 0.29) is 38.9 Å². The van der Waals surface area contributed by atoms with Crippen LogP contribution in [-0.4, -0.2) is 131 Å². The zero-order valence-corrected chi connectivity index (χ0v) is 37.1. The van der Waals surface area contributed by atoms with Gasteiger partial charge in [-0.15, -0.1) is 0 Å². The number of carbonyl (C=O) groups is 3. The number of carbonyl (C=O) groups excluding carboxylic acids is 3. The van der Waals surface area contributed by atoms with E-state index in [0.717, 1.165) is 13.1 Å². The minimum Gasteiger partial charge on any atom is -0.507 e. The second-order valence-electron chi connectivity index (χ2n) is 16.7. The van der Waals surface area contributed by atoms with Crippen molar-refractivity contribution in [1.29, 1.82) is 0 Å². The van der Waals surface area contributed by atoms with Crippen molar-refractivity contribution in [1.82, 2.24) is 9.91 Å². The molecule has 4 aliphatic heterocycles. The Kier molecular flexibility index (Phi) is 14.8. The largest absolute Gasteiger partial charge is 0.507 e. The summed E-state index contributed by atoms with van der Waals surface area (Å²) in [5.74, 6) is -6.92. The number of esters is 1. The van der Waals surface area contributed by atoms with Crippen LogP contribution in [0, 0.1) is 30.6 Å². The molecule has 1 saturated heterocycles. The molecule has 16 heteroatoms. The number of aliphatic hydroxyl groups excluding tert-OH is 2. The molecule has 6 N–H and O–H groups in total. The monoisotopic (exact) mass is 849 g/mol. The number of allylic oxidation sites excluding steroid dienone is 2. The number of nitrogens with one attached hydrogen (secondary N) is 2. The first-order valence-corrected chi connectivity index (χ1v) is 20.9. The first-order chi connectivity index (χ1) is 28.8. The van der Waals surface area contributed by atoms with Crippen LogP contribution in [0.4, 0.5) is 11.4 Å². The van der Waals surface area contributed by atoms with Crippen LogP contribution >= 0.6 is 0 Å². The number of phenolic OH excluding ortho intramolecular Hbond substituents is 2. The molecular weight excluding hydrogens is 787 g/mol. The van der Waals surface area contributed by atoms with E-state index in [0.29, 0.717) is 30.9 Å². The maximum absolute atomic E-state index is 14.6. The first-order valence-electron chi connectivity index (χ1n) is 20.9. The highest BCUT2D eigenvalue weighted by Crippen LogP contribution is 2.54. The third kappa shape index (κ3) is 9.52. The number of aromatic hydroxyl groups is 2. The number of anilines is 2. The Morgan fingerprint density at radius 3 is 2.31 bits per heavy atom. The first kappa shape index (κ1) is 46.9. The number of nitrogens with zero attached hydrogens (tertiary/aromatic N) is 3. The van der Waals surface area contributed by atoms with Crippen molar-refractivity contribution in [3.05, 3.63) is 52.8 Å². The van der Waals surface area contributed by atoms with E-state index in [1.54, 1.807) is 65.8 Å². The van der Waals surface area contributed by atoms with Crippen LogP contribution < -0.4 is 15.4 Å². The number of hydrazone groups is 1. The van der Waals surface area contributed by atoms with Crippen molar-refractivity contribution >= 4 is 46.0 Å². The maximum Gasteiger partial charge on any atom is 0.312 e. The molecule has 9 atom stereocenters. The van der Waals surface area contributed by atoms with Crippen LogP contribution in [0.5, 0.6) is 17.2 Å². The highest BCUT2D eigenvalue weighted by atomic mass is 16.7. The number of fused-ring (bicyclic) bond motifs is 14. The minimum atomic E-state index is -1.96. The zero-order chi connectivity index (χ0) is 45.1. The molecule has 1 amide bonds. The third-order valence-electron chi connectivity index (χ3n) is 12.2. The van der Waals surface area contributed by atoms with Crippen LogP contribution in [0.1, 0.15) is 76.9 Å². The Morgan fingerprint density at radius 1 is 1.02 bits per heavy atom. The van der Waals surface area contributed by atoms with Gasteiger partial charge in [0.1, 0.15) is 23.4 Å². The summed E-state index contributed by atoms with van der Waals surface area (Å²) >= 11 is 0. The Bertz CT molecular complexity index is 2110. The van der Waals surface area contributed by atoms with Gasteiger partial charge in [-0.2, -0.15) is 5.10 Å². The molecule has 1 fully saturated rings. The number of methoxy groups -OCH3 is 1. The molecule has 0 spiro atoms. The predicted octanol–water partition coefficient (Wildman–Crippen LogP) is 5.06. The summed E-state index contributed by atoms with van der Waals surface area (Å²) in [5.41, 5.74) is 0.820. The number of piperazine rings is 1. The van der Waals surface area contributed by atoms with Gasteiger partial charge >= 0.3 is 11.8 Å². The van der Waals surface area contributed by atoms with Crippen LogP contribution in [-0.2, 0) is 23.8 Å². The Labute approximate surface area is 357 Å². The van der Waals surface area contributed by atoms with Gasteiger partial charge in [-0.1, -0.05) is 45.9 Å². The Morgan fingerprint density at radius 2 is 1.69 bits per heavy atom. The Balaban J connectivity index is 1.74. The van der Waals surface area contributed by atoms with Crippen molar-refractivity contribution in [3.8, 4) is 17.2 Å². The van der Waals surface area contributed by atoms with Gasteiger partial charge in [-0.25, -0.2) is 0 Å². The number of phenols is 2. The van der Waals surface area contributed by atoms with Gasteiger partial charge in [0.25, 0.3) is 11.7 Å². The van der Waals surface area contributed by atoms with Crippen molar-refractivity contribution in [2.24, 2.45) is 28.8 Å². The van der Waals surface area contributed by atoms with E-state index >= 15 is 0 Å². The van der Waals surface area contributed by atoms with Crippen LogP contribution in [0.2, 0.25) is 0 Å². The highest BCUT2D eigenvalue weighted by molar-refractivity contribution is 6.25. The molecule has 2 aromatic carbocycles. The van der Waals surface area contributed by atoms with Crippen LogP contribution in [0.25, 0.3) is 10.8 Å². The van der Waals surface area contributed by atoms with Gasteiger partial charge in [0.2, 0.25) is 0 Å². The average molecular weight is 850 g/mol. The molecule has 4 aliphatic rings. The average Bonchev–Trinajstić information content (AvgIpc) is 3.49. The number of hydrogen-bond donors (Lipinski definition) is 6. The molecule has 2 aromatic rings. The van der Waals surface area contributed by atoms with E-state index in [4.69, 9.17) is 18.9 Å². The van der Waals surface area contributed by atoms with Gasteiger partial charge in [-0.3, -0.25) is 19.4 Å². The fourth-order valence-corrected chi connectivity index (χ4v) is 8.34. The number of rotatable bonds is 6. The van der Waals surface area contributed by atoms with Gasteiger partial charge in [0.05, 0.1) is 58.7 Å². The normalized spacial score (nSPS) is 31.4. The molecule has 16 nitrogen and oxygen atoms in total. The number of hydrogen-bond acceptors (Lipinski definition) is 15. The van der Waals surface area contributed by atoms with E-state index in [1.165, 1.54) is 33.4 Å².